The molecule has 1 fully saturated rings. The Kier molecular flexibility index (Phi) is 4.07. The molecule has 0 aliphatic heterocycles. The molecule has 1 aliphatic rings. The average Bonchev–Trinajstić information content (AvgIpc) is 3.02. The first-order valence-corrected chi connectivity index (χ1v) is 8.37. The molecular formula is C18H17F3N4. The van der Waals surface area contributed by atoms with Gasteiger partial charge in [-0.15, -0.1) is 0 Å². The number of hydrogen-bond donors (Lipinski definition) is 2. The standard InChI is InChI=1S/C18H17F3N4/c19-10-6-12-13(8-22-16(12)14(20)7-10)17-23-9-15(21)18(25-17)24-11-4-2-1-3-5-11/h6-9,11,22H,1-5H2,(H,23,24,25). The molecular weight excluding hydrogens is 329 g/mol. The van der Waals surface area contributed by atoms with E-state index in [0.29, 0.717) is 10.9 Å². The maximum atomic E-state index is 14.1. The number of nitrogens with zero attached hydrogens (tertiary/aromatic N) is 2. The Hall–Kier alpha value is -2.57. The molecule has 0 radical (unpaired) electrons. The molecule has 1 saturated carbocycles. The van der Waals surface area contributed by atoms with E-state index in [1.165, 1.54) is 18.7 Å². The molecule has 2 N–H and O–H groups in total. The average molecular weight is 346 g/mol. The van der Waals surface area contributed by atoms with Gasteiger partial charge in [-0.25, -0.2) is 23.1 Å². The Bertz CT molecular complexity index is 916. The second-order valence-electron chi connectivity index (χ2n) is 6.38. The quantitative estimate of drug-likeness (QED) is 0.717. The number of hydrogen-bond acceptors (Lipinski definition) is 3. The highest BCUT2D eigenvalue weighted by molar-refractivity contribution is 5.94. The van der Waals surface area contributed by atoms with E-state index in [-0.39, 0.29) is 23.2 Å². The zero-order chi connectivity index (χ0) is 17.4. The van der Waals surface area contributed by atoms with E-state index in [1.807, 2.05) is 0 Å². The van der Waals surface area contributed by atoms with Crippen LogP contribution in [-0.4, -0.2) is 21.0 Å². The van der Waals surface area contributed by atoms with Gasteiger partial charge in [0.15, 0.2) is 17.5 Å². The molecule has 2 aromatic heterocycles. The molecule has 130 valence electrons. The lowest BCUT2D eigenvalue weighted by Crippen LogP contribution is -2.23. The number of halogens is 3. The number of nitrogens with one attached hydrogen (secondary N) is 2. The molecule has 0 spiro atoms. The van der Waals surface area contributed by atoms with Crippen molar-refractivity contribution in [3.63, 3.8) is 0 Å². The number of fused-ring (bicyclic) bond motifs is 1. The molecule has 4 nitrogen and oxygen atoms in total. The topological polar surface area (TPSA) is 53.6 Å². The third-order valence-corrected chi connectivity index (χ3v) is 4.64. The van der Waals surface area contributed by atoms with E-state index in [2.05, 4.69) is 20.3 Å². The van der Waals surface area contributed by atoms with Crippen LogP contribution in [0.15, 0.2) is 24.5 Å². The van der Waals surface area contributed by atoms with Gasteiger partial charge in [-0.05, 0) is 18.9 Å². The Morgan fingerprint density at radius 3 is 2.64 bits per heavy atom. The van der Waals surface area contributed by atoms with E-state index in [9.17, 15) is 13.2 Å². The van der Waals surface area contributed by atoms with Gasteiger partial charge in [-0.2, -0.15) is 0 Å². The van der Waals surface area contributed by atoms with Gasteiger partial charge in [0, 0.05) is 29.3 Å². The third-order valence-electron chi connectivity index (χ3n) is 4.64. The molecule has 4 rings (SSSR count). The van der Waals surface area contributed by atoms with Crippen LogP contribution in [0.5, 0.6) is 0 Å². The zero-order valence-corrected chi connectivity index (χ0v) is 13.5. The van der Waals surface area contributed by atoms with Crippen LogP contribution in [0.4, 0.5) is 19.0 Å². The summed E-state index contributed by atoms with van der Waals surface area (Å²) in [5.41, 5.74) is 0.603. The van der Waals surface area contributed by atoms with E-state index in [0.717, 1.165) is 37.9 Å². The van der Waals surface area contributed by atoms with Gasteiger partial charge in [-0.3, -0.25) is 0 Å². The fraction of sp³-hybridized carbons (Fsp3) is 0.333. The predicted molar refractivity (Wildman–Crippen MR) is 89.7 cm³/mol. The lowest BCUT2D eigenvalue weighted by molar-refractivity contribution is 0.459. The largest absolute Gasteiger partial charge is 0.365 e. The van der Waals surface area contributed by atoms with Crippen LogP contribution in [0.25, 0.3) is 22.3 Å². The maximum absolute atomic E-state index is 14.1. The van der Waals surface area contributed by atoms with Crippen molar-refractivity contribution in [2.24, 2.45) is 0 Å². The minimum atomic E-state index is -0.691. The highest BCUT2D eigenvalue weighted by Gasteiger charge is 2.18. The number of rotatable bonds is 3. The molecule has 0 atom stereocenters. The summed E-state index contributed by atoms with van der Waals surface area (Å²) in [5, 5.41) is 3.46. The first kappa shape index (κ1) is 15.9. The van der Waals surface area contributed by atoms with Gasteiger partial charge < -0.3 is 10.3 Å². The van der Waals surface area contributed by atoms with E-state index >= 15 is 0 Å². The molecule has 1 aliphatic carbocycles. The highest BCUT2D eigenvalue weighted by atomic mass is 19.1. The van der Waals surface area contributed by atoms with Crippen molar-refractivity contribution < 1.29 is 13.2 Å². The predicted octanol–water partition coefficient (Wildman–Crippen LogP) is 4.79. The Labute approximate surface area is 142 Å². The maximum Gasteiger partial charge on any atom is 0.183 e. The van der Waals surface area contributed by atoms with Gasteiger partial charge in [0.25, 0.3) is 0 Å². The molecule has 7 heteroatoms. The van der Waals surface area contributed by atoms with Crippen LogP contribution in [-0.2, 0) is 0 Å². The highest BCUT2D eigenvalue weighted by Crippen LogP contribution is 2.30. The summed E-state index contributed by atoms with van der Waals surface area (Å²) >= 11 is 0. The van der Waals surface area contributed by atoms with Crippen molar-refractivity contribution in [3.8, 4) is 11.4 Å². The van der Waals surface area contributed by atoms with Gasteiger partial charge in [0.2, 0.25) is 0 Å². The van der Waals surface area contributed by atoms with E-state index in [1.54, 1.807) is 0 Å². The lowest BCUT2D eigenvalue weighted by atomic mass is 9.95. The van der Waals surface area contributed by atoms with E-state index in [4.69, 9.17) is 0 Å². The van der Waals surface area contributed by atoms with Crippen LogP contribution < -0.4 is 5.32 Å². The molecule has 2 heterocycles. The third kappa shape index (κ3) is 3.06. The van der Waals surface area contributed by atoms with Crippen molar-refractivity contribution in [2.45, 2.75) is 38.1 Å². The molecule has 0 unspecified atom stereocenters. The van der Waals surface area contributed by atoms with Crippen molar-refractivity contribution in [2.75, 3.05) is 5.32 Å². The Morgan fingerprint density at radius 2 is 1.84 bits per heavy atom. The van der Waals surface area contributed by atoms with Crippen molar-refractivity contribution in [1.82, 2.24) is 15.0 Å². The number of aromatic amines is 1. The summed E-state index contributed by atoms with van der Waals surface area (Å²) in [5.74, 6) is -1.57. The molecule has 25 heavy (non-hydrogen) atoms. The zero-order valence-electron chi connectivity index (χ0n) is 13.5. The fourth-order valence-electron chi connectivity index (χ4n) is 3.38. The first-order chi connectivity index (χ1) is 12.1. The summed E-state index contributed by atoms with van der Waals surface area (Å²) in [6.07, 6.45) is 7.95. The number of H-pyrrole nitrogens is 1. The van der Waals surface area contributed by atoms with Crippen LogP contribution in [0, 0.1) is 17.5 Å². The minimum absolute atomic E-state index is 0.128. The second kappa shape index (κ2) is 6.38. The van der Waals surface area contributed by atoms with Crippen molar-refractivity contribution in [3.05, 3.63) is 42.0 Å². The lowest BCUT2D eigenvalue weighted by Gasteiger charge is -2.23. The fourth-order valence-corrected chi connectivity index (χ4v) is 3.38. The van der Waals surface area contributed by atoms with E-state index < -0.39 is 17.5 Å². The SMILES string of the molecule is Fc1cc(F)c2[nH]cc(-c3ncc(F)c(NC4CCCCC4)n3)c2c1. The smallest absolute Gasteiger partial charge is 0.183 e. The summed E-state index contributed by atoms with van der Waals surface area (Å²) < 4.78 is 41.5. The molecule has 0 saturated heterocycles. The minimum Gasteiger partial charge on any atom is -0.365 e. The van der Waals surface area contributed by atoms with Gasteiger partial charge >= 0.3 is 0 Å². The second-order valence-corrected chi connectivity index (χ2v) is 6.38. The molecule has 0 bridgehead atoms. The summed E-state index contributed by atoms with van der Waals surface area (Å²) in [4.78, 5) is 11.0. The normalized spacial score (nSPS) is 15.6. The molecule has 3 aromatic rings. The van der Waals surface area contributed by atoms with Gasteiger partial charge in [0.1, 0.15) is 11.6 Å². The van der Waals surface area contributed by atoms with Crippen LogP contribution in [0.2, 0.25) is 0 Å². The van der Waals surface area contributed by atoms with Crippen LogP contribution >= 0.6 is 0 Å². The number of benzene rings is 1. The number of anilines is 1. The first-order valence-electron chi connectivity index (χ1n) is 8.37. The Balaban J connectivity index is 1.72. The molecule has 1 aromatic carbocycles. The monoisotopic (exact) mass is 346 g/mol. The summed E-state index contributed by atoms with van der Waals surface area (Å²) in [7, 11) is 0. The molecule has 0 amide bonds. The summed E-state index contributed by atoms with van der Waals surface area (Å²) in [6.45, 7) is 0. The van der Waals surface area contributed by atoms with Crippen LogP contribution in [0.1, 0.15) is 32.1 Å². The Morgan fingerprint density at radius 1 is 1.04 bits per heavy atom. The van der Waals surface area contributed by atoms with Crippen molar-refractivity contribution in [1.29, 1.82) is 0 Å². The van der Waals surface area contributed by atoms with Gasteiger partial charge in [0.05, 0.1) is 11.7 Å². The summed E-state index contributed by atoms with van der Waals surface area (Å²) in [6, 6.07) is 2.21. The van der Waals surface area contributed by atoms with Crippen LogP contribution in [0.3, 0.4) is 0 Å². The van der Waals surface area contributed by atoms with Gasteiger partial charge in [-0.1, -0.05) is 19.3 Å². The van der Waals surface area contributed by atoms with Crippen molar-refractivity contribution >= 4 is 16.7 Å². The number of aromatic nitrogens is 3.